The number of alkyl halides is 2. The van der Waals surface area contributed by atoms with Gasteiger partial charge in [-0.05, 0) is 25.7 Å². The molecule has 2 unspecified atom stereocenters. The fourth-order valence-corrected chi connectivity index (χ4v) is 6.38. The number of anilines is 1. The molecule has 1 aromatic rings. The van der Waals surface area contributed by atoms with Crippen LogP contribution >= 0.6 is 11.3 Å². The molecule has 8 heteroatoms. The molecule has 4 aliphatic rings. The van der Waals surface area contributed by atoms with Gasteiger partial charge in [-0.2, -0.15) is 0 Å². The van der Waals surface area contributed by atoms with Crippen molar-refractivity contribution in [2.24, 2.45) is 5.92 Å². The van der Waals surface area contributed by atoms with Gasteiger partial charge in [0.05, 0.1) is 12.2 Å². The molecule has 1 N–H and O–H groups in total. The zero-order valence-corrected chi connectivity index (χ0v) is 16.2. The van der Waals surface area contributed by atoms with Crippen molar-refractivity contribution in [3.63, 3.8) is 0 Å². The molecule has 1 saturated carbocycles. The van der Waals surface area contributed by atoms with E-state index in [-0.39, 0.29) is 24.7 Å². The van der Waals surface area contributed by atoms with Crippen molar-refractivity contribution in [1.82, 2.24) is 15.2 Å². The lowest BCUT2D eigenvalue weighted by atomic mass is 9.85. The van der Waals surface area contributed by atoms with Crippen molar-refractivity contribution in [3.8, 4) is 0 Å². The summed E-state index contributed by atoms with van der Waals surface area (Å²) < 4.78 is 26.8. The summed E-state index contributed by atoms with van der Waals surface area (Å²) in [5.41, 5.74) is 1.13. The molecule has 0 aromatic carbocycles. The number of fused-ring (bicyclic) bond motifs is 3. The normalized spacial score (nSPS) is 30.4. The van der Waals surface area contributed by atoms with E-state index in [4.69, 9.17) is 4.98 Å². The number of nitrogens with one attached hydrogen (secondary N) is 1. The van der Waals surface area contributed by atoms with Crippen LogP contribution in [0.1, 0.15) is 49.1 Å². The van der Waals surface area contributed by atoms with Crippen molar-refractivity contribution >= 4 is 22.4 Å². The van der Waals surface area contributed by atoms with E-state index < -0.39 is 5.92 Å². The summed E-state index contributed by atoms with van der Waals surface area (Å²) >= 11 is 1.73. The van der Waals surface area contributed by atoms with Crippen LogP contribution in [0.2, 0.25) is 0 Å². The second kappa shape index (κ2) is 6.65. The van der Waals surface area contributed by atoms with Crippen LogP contribution < -0.4 is 10.2 Å². The monoisotopic (exact) mass is 396 g/mol. The highest BCUT2D eigenvalue weighted by atomic mass is 32.1. The van der Waals surface area contributed by atoms with Crippen molar-refractivity contribution in [1.29, 1.82) is 0 Å². The van der Waals surface area contributed by atoms with E-state index in [1.54, 1.807) is 11.3 Å². The second-order valence-electron chi connectivity index (χ2n) is 8.46. The summed E-state index contributed by atoms with van der Waals surface area (Å²) in [5.74, 6) is -2.75. The van der Waals surface area contributed by atoms with Gasteiger partial charge >= 0.3 is 0 Å². The van der Waals surface area contributed by atoms with E-state index in [1.165, 1.54) is 17.7 Å². The first-order valence-electron chi connectivity index (χ1n) is 10.1. The third-order valence-corrected chi connectivity index (χ3v) is 7.79. The smallest absolute Gasteiger partial charge is 0.248 e. The summed E-state index contributed by atoms with van der Waals surface area (Å²) in [7, 11) is 0. The van der Waals surface area contributed by atoms with Crippen molar-refractivity contribution < 1.29 is 13.6 Å². The maximum Gasteiger partial charge on any atom is 0.248 e. The second-order valence-corrected chi connectivity index (χ2v) is 9.52. The minimum absolute atomic E-state index is 0.0633. The number of amides is 1. The van der Waals surface area contributed by atoms with E-state index in [1.807, 2.05) is 4.90 Å². The fraction of sp³-hybridized carbons (Fsp3) is 0.789. The Labute approximate surface area is 162 Å². The number of hydrogen-bond acceptors (Lipinski definition) is 5. The molecule has 5 nitrogen and oxygen atoms in total. The lowest BCUT2D eigenvalue weighted by molar-refractivity contribution is -0.140. The molecule has 0 spiro atoms. The summed E-state index contributed by atoms with van der Waals surface area (Å²) in [6, 6.07) is 1.08. The lowest BCUT2D eigenvalue weighted by Gasteiger charge is -2.35. The summed E-state index contributed by atoms with van der Waals surface area (Å²) in [6.07, 6.45) is 3.54. The molecule has 1 aromatic heterocycles. The highest BCUT2D eigenvalue weighted by Gasteiger charge is 2.41. The Morgan fingerprint density at radius 3 is 2.56 bits per heavy atom. The van der Waals surface area contributed by atoms with Gasteiger partial charge in [0.25, 0.3) is 0 Å². The molecule has 2 atom stereocenters. The number of piperazine rings is 1. The van der Waals surface area contributed by atoms with Crippen LogP contribution in [0, 0.1) is 5.92 Å². The first kappa shape index (κ1) is 17.8. The highest BCUT2D eigenvalue weighted by Crippen LogP contribution is 2.40. The van der Waals surface area contributed by atoms with Gasteiger partial charge in [-0.15, -0.1) is 0 Å². The molecule has 148 valence electrons. The third kappa shape index (κ3) is 3.24. The van der Waals surface area contributed by atoms with Crippen LogP contribution in [0.3, 0.4) is 0 Å². The Morgan fingerprint density at radius 1 is 1.15 bits per heavy atom. The molecule has 0 radical (unpaired) electrons. The first-order valence-corrected chi connectivity index (χ1v) is 11.0. The Hall–Kier alpha value is -1.28. The van der Waals surface area contributed by atoms with Gasteiger partial charge in [-0.3, -0.25) is 4.79 Å². The quantitative estimate of drug-likeness (QED) is 0.835. The number of nitrogens with zero attached hydrogens (tertiary/aromatic N) is 3. The molecule has 27 heavy (non-hydrogen) atoms. The number of thiazole rings is 1. The predicted octanol–water partition coefficient (Wildman–Crippen LogP) is 2.79. The number of rotatable bonds is 2. The molecule has 5 rings (SSSR count). The number of aromatic nitrogens is 1. The van der Waals surface area contributed by atoms with E-state index >= 15 is 0 Å². The van der Waals surface area contributed by atoms with E-state index in [0.29, 0.717) is 38.0 Å². The lowest BCUT2D eigenvalue weighted by Crippen LogP contribution is -2.51. The van der Waals surface area contributed by atoms with Crippen LogP contribution in [-0.2, 0) is 17.8 Å². The third-order valence-electron chi connectivity index (χ3n) is 6.70. The average molecular weight is 397 g/mol. The van der Waals surface area contributed by atoms with Crippen molar-refractivity contribution in [2.45, 2.75) is 69.5 Å². The summed E-state index contributed by atoms with van der Waals surface area (Å²) in [6.45, 7) is 3.31. The minimum Gasteiger partial charge on any atom is -0.340 e. The van der Waals surface area contributed by atoms with Gasteiger partial charge in [0, 0.05) is 61.8 Å². The predicted molar refractivity (Wildman–Crippen MR) is 100 cm³/mol. The summed E-state index contributed by atoms with van der Waals surface area (Å²) in [5, 5.41) is 4.61. The molecule has 3 aliphatic heterocycles. The van der Waals surface area contributed by atoms with E-state index in [9.17, 15) is 13.6 Å². The topological polar surface area (TPSA) is 48.5 Å². The van der Waals surface area contributed by atoms with Gasteiger partial charge in [-0.1, -0.05) is 11.3 Å². The van der Waals surface area contributed by atoms with Gasteiger partial charge in [-0.25, -0.2) is 13.8 Å². The first-order chi connectivity index (χ1) is 13.0. The average Bonchev–Trinajstić information content (AvgIpc) is 3.17. The molecule has 2 bridgehead atoms. The molecular weight excluding hydrogens is 370 g/mol. The van der Waals surface area contributed by atoms with Crippen LogP contribution in [0.4, 0.5) is 13.9 Å². The van der Waals surface area contributed by atoms with Gasteiger partial charge in [0.1, 0.15) is 0 Å². The van der Waals surface area contributed by atoms with Crippen molar-refractivity contribution in [2.75, 3.05) is 24.5 Å². The standard InChI is InChI=1S/C19H26F2N4OS/c20-19(21)6-3-12(4-7-19)17(26)24-8-5-15-16(11-24)27-18(23-15)25-13-1-2-14(25)10-22-9-13/h12-14,22H,1-11H2. The SMILES string of the molecule is O=C(C1CCC(F)(F)CC1)N1CCc2nc(N3C4CCC3CNC4)sc2C1. The number of carbonyl (C=O) groups is 1. The molecule has 3 fully saturated rings. The Kier molecular flexibility index (Phi) is 4.39. The Balaban J connectivity index is 1.28. The fourth-order valence-electron chi connectivity index (χ4n) is 5.12. The Bertz CT molecular complexity index is 713. The molecular formula is C19H26F2N4OS. The van der Waals surface area contributed by atoms with E-state index in [0.717, 1.165) is 30.3 Å². The molecule has 4 heterocycles. The zero-order chi connectivity index (χ0) is 18.6. The zero-order valence-electron chi connectivity index (χ0n) is 15.4. The van der Waals surface area contributed by atoms with Crippen LogP contribution in [-0.4, -0.2) is 53.4 Å². The Morgan fingerprint density at radius 2 is 1.85 bits per heavy atom. The van der Waals surface area contributed by atoms with Crippen LogP contribution in [0.25, 0.3) is 0 Å². The van der Waals surface area contributed by atoms with Gasteiger partial charge in [0.2, 0.25) is 11.8 Å². The molecule has 1 amide bonds. The van der Waals surface area contributed by atoms with Gasteiger partial charge in [0.15, 0.2) is 5.13 Å². The van der Waals surface area contributed by atoms with Crippen LogP contribution in [0.15, 0.2) is 0 Å². The number of halogens is 2. The summed E-state index contributed by atoms with van der Waals surface area (Å²) in [4.78, 5) is 23.3. The van der Waals surface area contributed by atoms with Gasteiger partial charge < -0.3 is 15.1 Å². The number of hydrogen-bond donors (Lipinski definition) is 1. The van der Waals surface area contributed by atoms with E-state index in [2.05, 4.69) is 10.2 Å². The highest BCUT2D eigenvalue weighted by molar-refractivity contribution is 7.15. The van der Waals surface area contributed by atoms with Crippen LogP contribution in [0.5, 0.6) is 0 Å². The molecule has 2 saturated heterocycles. The minimum atomic E-state index is -2.58. The maximum absolute atomic E-state index is 13.4. The molecule has 1 aliphatic carbocycles. The largest absolute Gasteiger partial charge is 0.340 e. The van der Waals surface area contributed by atoms with Crippen molar-refractivity contribution in [3.05, 3.63) is 10.6 Å². The number of carbonyl (C=O) groups excluding carboxylic acids is 1. The maximum atomic E-state index is 13.4.